The van der Waals surface area contributed by atoms with E-state index in [-0.39, 0.29) is 23.4 Å². The monoisotopic (exact) mass is 326 g/mol. The lowest BCUT2D eigenvalue weighted by molar-refractivity contribution is -0.122. The maximum Gasteiger partial charge on any atom is 0.228 e. The van der Waals surface area contributed by atoms with Crippen LogP contribution in [0.25, 0.3) is 0 Å². The Bertz CT molecular complexity index is 783. The number of halogens is 1. The van der Waals surface area contributed by atoms with E-state index in [9.17, 15) is 14.0 Å². The van der Waals surface area contributed by atoms with Crippen molar-refractivity contribution < 1.29 is 14.0 Å². The lowest BCUT2D eigenvalue weighted by Gasteiger charge is -2.11. The van der Waals surface area contributed by atoms with Gasteiger partial charge in [0.25, 0.3) is 0 Å². The standard InChI is InChI=1S/C19H19FN2O2/c1-11-6-5-7-12(2)17(11)22-19(24)14-10-13(14)18(23)21-16-9-4-3-8-15(16)20/h3-9,13-14H,10H2,1-2H3,(H,21,23)(H,22,24). The van der Waals surface area contributed by atoms with Crippen molar-refractivity contribution in [2.45, 2.75) is 20.3 Å². The second-order valence-corrected chi connectivity index (χ2v) is 6.17. The number of carbonyl (C=O) groups excluding carboxylic acids is 2. The highest BCUT2D eigenvalue weighted by atomic mass is 19.1. The number of anilines is 2. The molecule has 1 aliphatic rings. The van der Waals surface area contributed by atoms with Gasteiger partial charge in [-0.3, -0.25) is 9.59 Å². The predicted molar refractivity (Wildman–Crippen MR) is 91.2 cm³/mol. The maximum absolute atomic E-state index is 13.6. The second kappa shape index (κ2) is 6.43. The number of hydrogen-bond acceptors (Lipinski definition) is 2. The molecule has 2 aromatic rings. The van der Waals surface area contributed by atoms with Crippen LogP contribution in [0.15, 0.2) is 42.5 Å². The van der Waals surface area contributed by atoms with Gasteiger partial charge in [0, 0.05) is 5.69 Å². The molecule has 5 heteroatoms. The Labute approximate surface area is 140 Å². The molecule has 0 radical (unpaired) electrons. The van der Waals surface area contributed by atoms with Crippen molar-refractivity contribution in [2.24, 2.45) is 11.8 Å². The van der Waals surface area contributed by atoms with Gasteiger partial charge in [0.05, 0.1) is 17.5 Å². The molecule has 0 heterocycles. The minimum atomic E-state index is -0.483. The van der Waals surface area contributed by atoms with E-state index in [2.05, 4.69) is 10.6 Å². The fourth-order valence-corrected chi connectivity index (χ4v) is 2.79. The summed E-state index contributed by atoms with van der Waals surface area (Å²) in [5.41, 5.74) is 2.90. The highest BCUT2D eigenvalue weighted by Gasteiger charge is 2.48. The minimum Gasteiger partial charge on any atom is -0.325 e. The largest absolute Gasteiger partial charge is 0.325 e. The van der Waals surface area contributed by atoms with Crippen LogP contribution in [0, 0.1) is 31.5 Å². The van der Waals surface area contributed by atoms with Gasteiger partial charge >= 0.3 is 0 Å². The third-order valence-corrected chi connectivity index (χ3v) is 4.33. The smallest absolute Gasteiger partial charge is 0.228 e. The first-order chi connectivity index (χ1) is 11.5. The van der Waals surface area contributed by atoms with E-state index in [1.54, 1.807) is 12.1 Å². The normalized spacial score (nSPS) is 18.8. The average molecular weight is 326 g/mol. The van der Waals surface area contributed by atoms with E-state index in [1.165, 1.54) is 12.1 Å². The Balaban J connectivity index is 1.61. The van der Waals surface area contributed by atoms with E-state index in [4.69, 9.17) is 0 Å². The molecule has 1 saturated carbocycles. The van der Waals surface area contributed by atoms with Crippen molar-refractivity contribution in [1.82, 2.24) is 0 Å². The maximum atomic E-state index is 13.6. The molecule has 0 saturated heterocycles. The fraction of sp³-hybridized carbons (Fsp3) is 0.263. The van der Waals surface area contributed by atoms with E-state index in [1.807, 2.05) is 32.0 Å². The van der Waals surface area contributed by atoms with E-state index in [0.29, 0.717) is 6.42 Å². The van der Waals surface area contributed by atoms with Crippen molar-refractivity contribution in [3.8, 4) is 0 Å². The topological polar surface area (TPSA) is 58.2 Å². The van der Waals surface area contributed by atoms with Gasteiger partial charge in [0.1, 0.15) is 5.82 Å². The van der Waals surface area contributed by atoms with Gasteiger partial charge in [-0.2, -0.15) is 0 Å². The Morgan fingerprint density at radius 3 is 2.12 bits per heavy atom. The summed E-state index contributed by atoms with van der Waals surface area (Å²) in [5, 5.41) is 5.46. The van der Waals surface area contributed by atoms with Crippen LogP contribution in [0.3, 0.4) is 0 Å². The summed E-state index contributed by atoms with van der Waals surface area (Å²) in [6, 6.07) is 11.8. The Morgan fingerprint density at radius 1 is 0.917 bits per heavy atom. The molecule has 0 aliphatic heterocycles. The van der Waals surface area contributed by atoms with Gasteiger partial charge in [-0.25, -0.2) is 4.39 Å². The van der Waals surface area contributed by atoms with Gasteiger partial charge in [0.15, 0.2) is 0 Å². The highest BCUT2D eigenvalue weighted by molar-refractivity contribution is 6.03. The van der Waals surface area contributed by atoms with Crippen LogP contribution in [0.1, 0.15) is 17.5 Å². The third kappa shape index (κ3) is 3.30. The Morgan fingerprint density at radius 2 is 1.50 bits per heavy atom. The summed E-state index contributed by atoms with van der Waals surface area (Å²) >= 11 is 0. The molecule has 1 aliphatic carbocycles. The Hall–Kier alpha value is -2.69. The number of amides is 2. The molecule has 2 unspecified atom stereocenters. The number of hydrogen-bond donors (Lipinski definition) is 2. The number of rotatable bonds is 4. The van der Waals surface area contributed by atoms with Crippen molar-refractivity contribution in [3.63, 3.8) is 0 Å². The summed E-state index contributed by atoms with van der Waals surface area (Å²) in [6.45, 7) is 3.86. The molecule has 24 heavy (non-hydrogen) atoms. The number of carbonyl (C=O) groups is 2. The number of nitrogens with one attached hydrogen (secondary N) is 2. The molecule has 3 rings (SSSR count). The quantitative estimate of drug-likeness (QED) is 0.901. The van der Waals surface area contributed by atoms with Gasteiger partial charge in [-0.05, 0) is 43.5 Å². The molecule has 0 spiro atoms. The molecule has 1 fully saturated rings. The molecule has 2 atom stereocenters. The van der Waals surface area contributed by atoms with Crippen molar-refractivity contribution in [2.75, 3.05) is 10.6 Å². The summed E-state index contributed by atoms with van der Waals surface area (Å²) in [5.74, 6) is -1.74. The van der Waals surface area contributed by atoms with Crippen molar-refractivity contribution >= 4 is 23.2 Å². The van der Waals surface area contributed by atoms with Gasteiger partial charge in [0.2, 0.25) is 11.8 Å². The lowest BCUT2D eigenvalue weighted by Crippen LogP contribution is -2.21. The first kappa shape index (κ1) is 16.2. The van der Waals surface area contributed by atoms with Crippen molar-refractivity contribution in [3.05, 3.63) is 59.4 Å². The Kier molecular flexibility index (Phi) is 4.34. The first-order valence-electron chi connectivity index (χ1n) is 7.90. The van der Waals surface area contributed by atoms with Crippen LogP contribution in [-0.2, 0) is 9.59 Å². The average Bonchev–Trinajstić information content (AvgIpc) is 3.34. The summed E-state index contributed by atoms with van der Waals surface area (Å²) < 4.78 is 13.6. The van der Waals surface area contributed by atoms with E-state index in [0.717, 1.165) is 16.8 Å². The second-order valence-electron chi connectivity index (χ2n) is 6.17. The summed E-state index contributed by atoms with van der Waals surface area (Å²) in [7, 11) is 0. The van der Waals surface area contributed by atoms with Gasteiger partial charge in [-0.1, -0.05) is 30.3 Å². The molecule has 4 nitrogen and oxygen atoms in total. The predicted octanol–water partition coefficient (Wildman–Crippen LogP) is 3.66. The highest BCUT2D eigenvalue weighted by Crippen LogP contribution is 2.40. The summed E-state index contributed by atoms with van der Waals surface area (Å²) in [6.07, 6.45) is 0.483. The fourth-order valence-electron chi connectivity index (χ4n) is 2.79. The minimum absolute atomic E-state index is 0.142. The molecule has 124 valence electrons. The molecule has 2 N–H and O–H groups in total. The first-order valence-corrected chi connectivity index (χ1v) is 7.90. The van der Waals surface area contributed by atoms with Crippen LogP contribution in [0.4, 0.5) is 15.8 Å². The molecule has 2 aromatic carbocycles. The number of aryl methyl sites for hydroxylation is 2. The van der Waals surface area contributed by atoms with E-state index < -0.39 is 11.7 Å². The van der Waals surface area contributed by atoms with Gasteiger partial charge < -0.3 is 10.6 Å². The van der Waals surface area contributed by atoms with Gasteiger partial charge in [-0.15, -0.1) is 0 Å². The SMILES string of the molecule is Cc1cccc(C)c1NC(=O)C1CC1C(=O)Nc1ccccc1F. The third-order valence-electron chi connectivity index (χ3n) is 4.33. The van der Waals surface area contributed by atoms with Crippen LogP contribution in [0.5, 0.6) is 0 Å². The number of para-hydroxylation sites is 2. The molecular weight excluding hydrogens is 307 g/mol. The molecule has 2 amide bonds. The van der Waals surface area contributed by atoms with Crippen molar-refractivity contribution in [1.29, 1.82) is 0 Å². The molecular formula is C19H19FN2O2. The molecule has 0 aromatic heterocycles. The van der Waals surface area contributed by atoms with Crippen LogP contribution < -0.4 is 10.6 Å². The zero-order valence-electron chi connectivity index (χ0n) is 13.6. The van der Waals surface area contributed by atoms with Crippen LogP contribution in [0.2, 0.25) is 0 Å². The van der Waals surface area contributed by atoms with E-state index >= 15 is 0 Å². The van der Waals surface area contributed by atoms with Crippen LogP contribution >= 0.6 is 0 Å². The summed E-state index contributed by atoms with van der Waals surface area (Å²) in [4.78, 5) is 24.5. The molecule has 0 bridgehead atoms. The zero-order chi connectivity index (χ0) is 17.3. The van der Waals surface area contributed by atoms with Crippen LogP contribution in [-0.4, -0.2) is 11.8 Å². The number of benzene rings is 2. The zero-order valence-corrected chi connectivity index (χ0v) is 13.6. The lowest BCUT2D eigenvalue weighted by atomic mass is 10.1.